The number of fused-ring (bicyclic) bond motifs is 1. The van der Waals surface area contributed by atoms with Gasteiger partial charge in [-0.2, -0.15) is 13.2 Å². The van der Waals surface area contributed by atoms with E-state index in [4.69, 9.17) is 0 Å². The van der Waals surface area contributed by atoms with Gasteiger partial charge in [0.1, 0.15) is 5.82 Å². The summed E-state index contributed by atoms with van der Waals surface area (Å²) in [6, 6.07) is 4.48. The molecule has 164 valence electrons. The van der Waals surface area contributed by atoms with Gasteiger partial charge in [0.25, 0.3) is 5.56 Å². The van der Waals surface area contributed by atoms with E-state index in [1.165, 1.54) is 30.8 Å². The van der Waals surface area contributed by atoms with Gasteiger partial charge in [0.2, 0.25) is 0 Å². The number of rotatable bonds is 1. The molecule has 6 nitrogen and oxygen atoms in total. The molecule has 1 N–H and O–H groups in total. The van der Waals surface area contributed by atoms with Crippen molar-refractivity contribution in [1.82, 2.24) is 9.13 Å². The van der Waals surface area contributed by atoms with Crippen molar-refractivity contribution in [3.8, 4) is 0 Å². The summed E-state index contributed by atoms with van der Waals surface area (Å²) in [6.45, 7) is 3.89. The number of Topliss-reactive ketones (excluding diaryl/α,β-unsaturated/α-hetero) is 1. The Hall–Kier alpha value is -3.10. The normalized spacial score (nSPS) is 20.2. The van der Waals surface area contributed by atoms with Crippen molar-refractivity contribution in [1.29, 1.82) is 0 Å². The SMILES string of the molecule is Cn1c2c(c(=O)n(C)c1=O)[C@H](c1ccc(C(F)(F)F)cc1)C1=C(CC(C)(C)CC1=O)N2. The molecule has 4 rings (SSSR count). The average molecular weight is 433 g/mol. The van der Waals surface area contributed by atoms with Crippen LogP contribution in [-0.2, 0) is 25.1 Å². The van der Waals surface area contributed by atoms with Crippen LogP contribution in [0.4, 0.5) is 19.0 Å². The largest absolute Gasteiger partial charge is 0.416 e. The summed E-state index contributed by atoms with van der Waals surface area (Å²) >= 11 is 0. The molecule has 2 aromatic rings. The van der Waals surface area contributed by atoms with E-state index < -0.39 is 28.9 Å². The minimum atomic E-state index is -4.50. The zero-order valence-corrected chi connectivity index (χ0v) is 17.6. The third-order valence-corrected chi connectivity index (χ3v) is 6.04. The Morgan fingerprint density at radius 1 is 1.00 bits per heavy atom. The number of allylic oxidation sites excluding steroid dienone is 2. The van der Waals surface area contributed by atoms with Crippen LogP contribution in [0.25, 0.3) is 0 Å². The molecule has 0 spiro atoms. The lowest BCUT2D eigenvalue weighted by Gasteiger charge is -2.39. The van der Waals surface area contributed by atoms with E-state index >= 15 is 0 Å². The monoisotopic (exact) mass is 433 g/mol. The van der Waals surface area contributed by atoms with Gasteiger partial charge < -0.3 is 5.32 Å². The highest BCUT2D eigenvalue weighted by Gasteiger charge is 2.43. The maximum Gasteiger partial charge on any atom is 0.416 e. The summed E-state index contributed by atoms with van der Waals surface area (Å²) in [5.41, 5.74) is -0.715. The van der Waals surface area contributed by atoms with Gasteiger partial charge in [0.05, 0.1) is 11.1 Å². The number of anilines is 1. The van der Waals surface area contributed by atoms with Gasteiger partial charge in [-0.05, 0) is 29.5 Å². The lowest BCUT2D eigenvalue weighted by atomic mass is 9.69. The standard InChI is InChI=1S/C22H22F3N3O3/c1-21(2)9-13-16(14(29)10-21)15(11-5-7-12(8-6-11)22(23,24)25)17-18(26-13)27(3)20(31)28(4)19(17)30/h5-8,15,26H,9-10H2,1-4H3/t15-/m1/s1. The van der Waals surface area contributed by atoms with Gasteiger partial charge in [-0.1, -0.05) is 26.0 Å². The maximum absolute atomic E-state index is 13.2. The molecule has 0 radical (unpaired) electrons. The molecule has 31 heavy (non-hydrogen) atoms. The van der Waals surface area contributed by atoms with Crippen molar-refractivity contribution in [2.75, 3.05) is 5.32 Å². The zero-order chi connectivity index (χ0) is 22.9. The summed E-state index contributed by atoms with van der Waals surface area (Å²) in [7, 11) is 2.85. The second-order valence-corrected chi connectivity index (χ2v) is 8.98. The first kappa shape index (κ1) is 21.1. The minimum Gasteiger partial charge on any atom is -0.344 e. The second kappa shape index (κ2) is 6.70. The quantitative estimate of drug-likeness (QED) is 0.749. The molecule has 1 aliphatic heterocycles. The number of hydrogen-bond acceptors (Lipinski definition) is 4. The fourth-order valence-electron chi connectivity index (χ4n) is 4.55. The van der Waals surface area contributed by atoms with E-state index in [1.54, 1.807) is 0 Å². The van der Waals surface area contributed by atoms with Crippen LogP contribution in [0.15, 0.2) is 45.1 Å². The Bertz CT molecular complexity index is 1250. The Kier molecular flexibility index (Phi) is 4.57. The average Bonchev–Trinajstić information content (AvgIpc) is 2.67. The number of alkyl halides is 3. The number of nitrogens with one attached hydrogen (secondary N) is 1. The molecule has 1 aromatic heterocycles. The molecule has 0 bridgehead atoms. The van der Waals surface area contributed by atoms with Crippen LogP contribution in [0, 0.1) is 5.41 Å². The van der Waals surface area contributed by atoms with E-state index in [0.29, 0.717) is 23.3 Å². The third-order valence-electron chi connectivity index (χ3n) is 6.04. The third kappa shape index (κ3) is 3.32. The number of aromatic nitrogens is 2. The van der Waals surface area contributed by atoms with Crippen LogP contribution in [0.3, 0.4) is 0 Å². The molecule has 1 atom stereocenters. The fraction of sp³-hybridized carbons (Fsp3) is 0.409. The zero-order valence-electron chi connectivity index (χ0n) is 17.6. The van der Waals surface area contributed by atoms with Crippen molar-refractivity contribution in [3.05, 3.63) is 73.1 Å². The maximum atomic E-state index is 13.2. The summed E-state index contributed by atoms with van der Waals surface area (Å²) in [4.78, 5) is 38.7. The summed E-state index contributed by atoms with van der Waals surface area (Å²) in [5, 5.41) is 3.13. The van der Waals surface area contributed by atoms with E-state index in [2.05, 4.69) is 5.32 Å². The number of carbonyl (C=O) groups is 1. The molecule has 9 heteroatoms. The minimum absolute atomic E-state index is 0.162. The van der Waals surface area contributed by atoms with Crippen LogP contribution in [0.1, 0.15) is 49.3 Å². The molecule has 0 fully saturated rings. The summed E-state index contributed by atoms with van der Waals surface area (Å²) < 4.78 is 41.4. The van der Waals surface area contributed by atoms with Gasteiger partial charge in [-0.3, -0.25) is 18.7 Å². The first-order valence-electron chi connectivity index (χ1n) is 9.82. The van der Waals surface area contributed by atoms with Gasteiger partial charge >= 0.3 is 11.9 Å². The molecule has 0 saturated carbocycles. The highest BCUT2D eigenvalue weighted by Crippen LogP contribution is 2.47. The van der Waals surface area contributed by atoms with Crippen molar-refractivity contribution in [3.63, 3.8) is 0 Å². The summed E-state index contributed by atoms with van der Waals surface area (Å²) in [5.74, 6) is -0.755. The number of carbonyl (C=O) groups excluding carboxylic acids is 1. The topological polar surface area (TPSA) is 73.1 Å². The summed E-state index contributed by atoms with van der Waals surface area (Å²) in [6.07, 6.45) is -3.74. The van der Waals surface area contributed by atoms with Gasteiger partial charge in [-0.15, -0.1) is 0 Å². The van der Waals surface area contributed by atoms with Gasteiger partial charge in [0, 0.05) is 37.7 Å². The first-order chi connectivity index (χ1) is 14.3. The smallest absolute Gasteiger partial charge is 0.344 e. The molecular formula is C22H22F3N3O3. The lowest BCUT2D eigenvalue weighted by molar-refractivity contribution is -0.137. The van der Waals surface area contributed by atoms with Gasteiger partial charge in [0.15, 0.2) is 5.78 Å². The number of benzene rings is 1. The Morgan fingerprint density at radius 3 is 2.19 bits per heavy atom. The van der Waals surface area contributed by atoms with Crippen molar-refractivity contribution in [2.24, 2.45) is 19.5 Å². The molecular weight excluding hydrogens is 411 g/mol. The van der Waals surface area contributed by atoms with E-state index in [0.717, 1.165) is 16.7 Å². The highest BCUT2D eigenvalue weighted by atomic mass is 19.4. The predicted octanol–water partition coefficient (Wildman–Crippen LogP) is 3.30. The van der Waals surface area contributed by atoms with E-state index in [-0.39, 0.29) is 29.0 Å². The van der Waals surface area contributed by atoms with Crippen LogP contribution in [-0.4, -0.2) is 14.9 Å². The van der Waals surface area contributed by atoms with Crippen LogP contribution >= 0.6 is 0 Å². The number of ketones is 1. The Labute approximate surface area is 176 Å². The van der Waals surface area contributed by atoms with E-state index in [1.807, 2.05) is 13.8 Å². The molecule has 2 aliphatic rings. The van der Waals surface area contributed by atoms with Crippen molar-refractivity contribution >= 4 is 11.6 Å². The Balaban J connectivity index is 2.01. The second-order valence-electron chi connectivity index (χ2n) is 8.98. The fourth-order valence-corrected chi connectivity index (χ4v) is 4.55. The number of nitrogens with zero attached hydrogens (tertiary/aromatic N) is 2. The van der Waals surface area contributed by atoms with E-state index in [9.17, 15) is 27.6 Å². The molecule has 0 amide bonds. The highest BCUT2D eigenvalue weighted by molar-refractivity contribution is 6.01. The van der Waals surface area contributed by atoms with Crippen molar-refractivity contribution in [2.45, 2.75) is 38.8 Å². The van der Waals surface area contributed by atoms with Gasteiger partial charge in [-0.25, -0.2) is 4.79 Å². The van der Waals surface area contributed by atoms with Crippen LogP contribution in [0.5, 0.6) is 0 Å². The van der Waals surface area contributed by atoms with Crippen LogP contribution < -0.4 is 16.6 Å². The molecule has 1 aliphatic carbocycles. The molecule has 0 saturated heterocycles. The number of hydrogen-bond donors (Lipinski definition) is 1. The number of halogens is 3. The molecule has 0 unspecified atom stereocenters. The predicted molar refractivity (Wildman–Crippen MR) is 109 cm³/mol. The molecule has 1 aromatic carbocycles. The van der Waals surface area contributed by atoms with Crippen molar-refractivity contribution < 1.29 is 18.0 Å². The molecule has 2 heterocycles. The Morgan fingerprint density at radius 2 is 1.61 bits per heavy atom. The lowest BCUT2D eigenvalue weighted by Crippen LogP contribution is -2.45. The first-order valence-corrected chi connectivity index (χ1v) is 9.82. The van der Waals surface area contributed by atoms with Crippen LogP contribution in [0.2, 0.25) is 0 Å².